The van der Waals surface area contributed by atoms with Gasteiger partial charge < -0.3 is 5.73 Å². The Morgan fingerprint density at radius 1 is 0.857 bits per heavy atom. The quantitative estimate of drug-likeness (QED) is 0.776. The fourth-order valence-corrected chi connectivity index (χ4v) is 2.41. The zero-order valence-corrected chi connectivity index (χ0v) is 12.1. The summed E-state index contributed by atoms with van der Waals surface area (Å²) in [4.78, 5) is 4.13. The lowest BCUT2D eigenvalue weighted by atomic mass is 10.0. The second-order valence-electron chi connectivity index (χ2n) is 5.30. The second-order valence-corrected chi connectivity index (χ2v) is 5.30. The zero-order valence-electron chi connectivity index (χ0n) is 12.1. The van der Waals surface area contributed by atoms with Gasteiger partial charge in [-0.2, -0.15) is 0 Å². The molecule has 0 aliphatic rings. The van der Waals surface area contributed by atoms with Crippen LogP contribution < -0.4 is 5.73 Å². The van der Waals surface area contributed by atoms with Gasteiger partial charge in [0, 0.05) is 11.8 Å². The van der Waals surface area contributed by atoms with Gasteiger partial charge in [-0.15, -0.1) is 0 Å². The van der Waals surface area contributed by atoms with Crippen molar-refractivity contribution in [2.24, 2.45) is 0 Å². The summed E-state index contributed by atoms with van der Waals surface area (Å²) in [5, 5.41) is 0. The number of pyridine rings is 1. The van der Waals surface area contributed by atoms with E-state index >= 15 is 0 Å². The van der Waals surface area contributed by atoms with E-state index in [1.807, 2.05) is 12.1 Å². The molecule has 21 heavy (non-hydrogen) atoms. The molecule has 1 aromatic heterocycles. The van der Waals surface area contributed by atoms with E-state index in [9.17, 15) is 0 Å². The van der Waals surface area contributed by atoms with E-state index in [0.29, 0.717) is 5.82 Å². The molecule has 0 bridgehead atoms. The van der Waals surface area contributed by atoms with Crippen molar-refractivity contribution in [1.29, 1.82) is 0 Å². The highest BCUT2D eigenvalue weighted by Gasteiger charge is 2.03. The first-order chi connectivity index (χ1) is 10.2. The van der Waals surface area contributed by atoms with Crippen molar-refractivity contribution in [2.45, 2.75) is 13.3 Å². The number of aryl methyl sites for hydroxylation is 1. The number of nitrogen functional groups attached to an aromatic ring is 1. The second kappa shape index (κ2) is 5.80. The van der Waals surface area contributed by atoms with Crippen molar-refractivity contribution in [3.8, 4) is 11.1 Å². The summed E-state index contributed by atoms with van der Waals surface area (Å²) < 4.78 is 0. The summed E-state index contributed by atoms with van der Waals surface area (Å²) in [7, 11) is 0. The molecule has 3 aromatic rings. The molecule has 3 rings (SSSR count). The molecule has 0 spiro atoms. The fraction of sp³-hybridized carbons (Fsp3) is 0.105. The predicted octanol–water partition coefficient (Wildman–Crippen LogP) is 4.23. The maximum absolute atomic E-state index is 5.92. The molecule has 0 fully saturated rings. The smallest absolute Gasteiger partial charge is 0.131 e. The Balaban J connectivity index is 1.81. The normalized spacial score (nSPS) is 10.5. The molecule has 0 unspecified atom stereocenters. The topological polar surface area (TPSA) is 38.9 Å². The summed E-state index contributed by atoms with van der Waals surface area (Å²) in [6, 6.07) is 21.1. The van der Waals surface area contributed by atoms with E-state index < -0.39 is 0 Å². The van der Waals surface area contributed by atoms with Gasteiger partial charge in [0.05, 0.1) is 0 Å². The summed E-state index contributed by atoms with van der Waals surface area (Å²) in [5.41, 5.74) is 11.9. The van der Waals surface area contributed by atoms with Crippen molar-refractivity contribution in [2.75, 3.05) is 5.73 Å². The average Bonchev–Trinajstić information content (AvgIpc) is 2.51. The lowest BCUT2D eigenvalue weighted by molar-refractivity contribution is 1.19. The molecule has 0 aliphatic carbocycles. The van der Waals surface area contributed by atoms with Crippen LogP contribution in [0.4, 0.5) is 5.82 Å². The third-order valence-electron chi connectivity index (χ3n) is 3.63. The number of rotatable bonds is 3. The lowest BCUT2D eigenvalue weighted by Gasteiger charge is -2.07. The fourth-order valence-electron chi connectivity index (χ4n) is 2.41. The van der Waals surface area contributed by atoms with Gasteiger partial charge in [0.1, 0.15) is 5.82 Å². The van der Waals surface area contributed by atoms with E-state index in [1.54, 1.807) is 6.20 Å². The number of hydrogen-bond acceptors (Lipinski definition) is 2. The van der Waals surface area contributed by atoms with Gasteiger partial charge in [0.15, 0.2) is 0 Å². The van der Waals surface area contributed by atoms with Crippen molar-refractivity contribution in [3.05, 3.63) is 83.6 Å². The van der Waals surface area contributed by atoms with Crippen LogP contribution in [0.25, 0.3) is 11.1 Å². The summed E-state index contributed by atoms with van der Waals surface area (Å²) in [6.45, 7) is 2.11. The van der Waals surface area contributed by atoms with E-state index in [1.165, 1.54) is 16.7 Å². The zero-order chi connectivity index (χ0) is 14.7. The molecule has 0 aliphatic heterocycles. The van der Waals surface area contributed by atoms with Crippen molar-refractivity contribution in [1.82, 2.24) is 4.98 Å². The monoisotopic (exact) mass is 274 g/mol. The summed E-state index contributed by atoms with van der Waals surface area (Å²) >= 11 is 0. The van der Waals surface area contributed by atoms with Gasteiger partial charge in [-0.25, -0.2) is 4.98 Å². The Labute approximate surface area is 125 Å². The average molecular weight is 274 g/mol. The van der Waals surface area contributed by atoms with Crippen molar-refractivity contribution >= 4 is 5.82 Å². The van der Waals surface area contributed by atoms with E-state index in [2.05, 4.69) is 60.4 Å². The van der Waals surface area contributed by atoms with Crippen LogP contribution in [-0.2, 0) is 6.42 Å². The van der Waals surface area contributed by atoms with Gasteiger partial charge in [-0.1, -0.05) is 54.1 Å². The van der Waals surface area contributed by atoms with Crippen LogP contribution in [0.1, 0.15) is 16.7 Å². The third-order valence-corrected chi connectivity index (χ3v) is 3.63. The molecule has 2 nitrogen and oxygen atoms in total. The van der Waals surface area contributed by atoms with Gasteiger partial charge in [-0.05, 0) is 42.2 Å². The Kier molecular flexibility index (Phi) is 3.69. The largest absolute Gasteiger partial charge is 0.383 e. The maximum Gasteiger partial charge on any atom is 0.131 e. The minimum atomic E-state index is 0.573. The highest BCUT2D eigenvalue weighted by atomic mass is 14.8. The van der Waals surface area contributed by atoms with Crippen LogP contribution in [0.2, 0.25) is 0 Å². The Hall–Kier alpha value is -2.61. The van der Waals surface area contributed by atoms with Crippen LogP contribution in [0.5, 0.6) is 0 Å². The number of nitrogens with zero attached hydrogens (tertiary/aromatic N) is 1. The van der Waals surface area contributed by atoms with E-state index in [4.69, 9.17) is 5.73 Å². The molecule has 104 valence electrons. The number of hydrogen-bond donors (Lipinski definition) is 1. The minimum absolute atomic E-state index is 0.573. The standard InChI is InChI=1S/C19H18N2/c1-14-4-6-15(7-5-14)13-16-8-10-17(11-9-16)18-3-2-12-21-19(18)20/h2-12H,13H2,1H3,(H2,20,21). The number of nitrogens with two attached hydrogens (primary N) is 1. The minimum Gasteiger partial charge on any atom is -0.383 e. The molecule has 0 atom stereocenters. The van der Waals surface area contributed by atoms with Crippen molar-refractivity contribution in [3.63, 3.8) is 0 Å². The number of aromatic nitrogens is 1. The van der Waals surface area contributed by atoms with Crippen LogP contribution in [0.3, 0.4) is 0 Å². The van der Waals surface area contributed by atoms with Crippen LogP contribution in [0.15, 0.2) is 66.9 Å². The Morgan fingerprint density at radius 2 is 1.48 bits per heavy atom. The third kappa shape index (κ3) is 3.11. The van der Waals surface area contributed by atoms with E-state index in [0.717, 1.165) is 17.5 Å². The molecule has 2 N–H and O–H groups in total. The van der Waals surface area contributed by atoms with Gasteiger partial charge in [0.25, 0.3) is 0 Å². The van der Waals surface area contributed by atoms with Crippen molar-refractivity contribution < 1.29 is 0 Å². The Bertz CT molecular complexity index is 728. The lowest BCUT2D eigenvalue weighted by Crippen LogP contribution is -1.93. The van der Waals surface area contributed by atoms with E-state index in [-0.39, 0.29) is 0 Å². The highest BCUT2D eigenvalue weighted by molar-refractivity contribution is 5.73. The Morgan fingerprint density at radius 3 is 2.10 bits per heavy atom. The molecule has 2 heteroatoms. The van der Waals surface area contributed by atoms with Crippen LogP contribution >= 0.6 is 0 Å². The maximum atomic E-state index is 5.92. The first-order valence-corrected chi connectivity index (χ1v) is 7.08. The molecule has 2 aromatic carbocycles. The number of anilines is 1. The first kappa shape index (κ1) is 13.4. The van der Waals surface area contributed by atoms with Gasteiger partial charge >= 0.3 is 0 Å². The molecular formula is C19H18N2. The molecule has 0 saturated carbocycles. The predicted molar refractivity (Wildman–Crippen MR) is 88.1 cm³/mol. The SMILES string of the molecule is Cc1ccc(Cc2ccc(-c3cccnc3N)cc2)cc1. The van der Waals surface area contributed by atoms with Gasteiger partial charge in [-0.3, -0.25) is 0 Å². The summed E-state index contributed by atoms with van der Waals surface area (Å²) in [5.74, 6) is 0.573. The molecule has 0 saturated heterocycles. The van der Waals surface area contributed by atoms with Crippen LogP contribution in [0, 0.1) is 6.92 Å². The molecule has 0 radical (unpaired) electrons. The van der Waals surface area contributed by atoms with Crippen LogP contribution in [-0.4, -0.2) is 4.98 Å². The molecule has 1 heterocycles. The first-order valence-electron chi connectivity index (χ1n) is 7.08. The summed E-state index contributed by atoms with van der Waals surface area (Å²) in [6.07, 6.45) is 2.66. The molecule has 0 amide bonds. The highest BCUT2D eigenvalue weighted by Crippen LogP contribution is 2.24. The molecular weight excluding hydrogens is 256 g/mol. The van der Waals surface area contributed by atoms with Gasteiger partial charge in [0.2, 0.25) is 0 Å². The number of benzene rings is 2.